The van der Waals surface area contributed by atoms with E-state index in [0.717, 1.165) is 17.5 Å². The lowest BCUT2D eigenvalue weighted by atomic mass is 10.2. The second kappa shape index (κ2) is 3.86. The van der Waals surface area contributed by atoms with Gasteiger partial charge in [-0.15, -0.1) is 11.3 Å². The molecular weight excluding hydrogens is 237 g/mol. The standard InChI is InChI=1S/C9H4FNO4S/c10-15-9(14)6-2-11-8-5(7(6)13)1-4(3-12)16-8/h1-3H,(H,11,13). The Labute approximate surface area is 91.4 Å². The van der Waals surface area contributed by atoms with Gasteiger partial charge in [-0.1, -0.05) is 0 Å². The van der Waals surface area contributed by atoms with Crippen LogP contribution >= 0.6 is 11.3 Å². The van der Waals surface area contributed by atoms with E-state index < -0.39 is 17.0 Å². The van der Waals surface area contributed by atoms with Gasteiger partial charge in [-0.2, -0.15) is 0 Å². The van der Waals surface area contributed by atoms with Crippen LogP contribution in [0.1, 0.15) is 20.0 Å². The van der Waals surface area contributed by atoms with E-state index in [0.29, 0.717) is 16.0 Å². The number of fused-ring (bicyclic) bond motifs is 1. The van der Waals surface area contributed by atoms with E-state index in [1.54, 1.807) is 0 Å². The van der Waals surface area contributed by atoms with Crippen molar-refractivity contribution in [3.05, 3.63) is 32.9 Å². The van der Waals surface area contributed by atoms with Crippen LogP contribution in [0.5, 0.6) is 0 Å². The number of nitrogens with one attached hydrogen (secondary N) is 1. The molecule has 0 radical (unpaired) electrons. The third kappa shape index (κ3) is 1.50. The molecule has 7 heteroatoms. The summed E-state index contributed by atoms with van der Waals surface area (Å²) >= 11 is 1.07. The highest BCUT2D eigenvalue weighted by Crippen LogP contribution is 2.19. The molecule has 0 spiro atoms. The number of halogens is 1. The molecule has 0 aliphatic heterocycles. The van der Waals surface area contributed by atoms with Crippen molar-refractivity contribution < 1.29 is 19.1 Å². The van der Waals surface area contributed by atoms with E-state index in [4.69, 9.17) is 0 Å². The number of H-pyrrole nitrogens is 1. The molecule has 1 N–H and O–H groups in total. The van der Waals surface area contributed by atoms with Crippen molar-refractivity contribution in [2.24, 2.45) is 0 Å². The summed E-state index contributed by atoms with van der Waals surface area (Å²) in [6, 6.07) is 1.33. The van der Waals surface area contributed by atoms with Gasteiger partial charge in [0.1, 0.15) is 10.4 Å². The SMILES string of the molecule is O=Cc1cc2c(=O)c(C(=O)OF)c[nH]c2s1. The maximum Gasteiger partial charge on any atom is 0.384 e. The van der Waals surface area contributed by atoms with Crippen LogP contribution in [0, 0.1) is 0 Å². The number of aldehydes is 1. The summed E-state index contributed by atoms with van der Waals surface area (Å²) in [4.78, 5) is 39.4. The van der Waals surface area contributed by atoms with Crippen molar-refractivity contribution in [2.75, 3.05) is 0 Å². The molecule has 0 saturated carbocycles. The Morgan fingerprint density at radius 3 is 2.94 bits per heavy atom. The molecule has 0 aliphatic carbocycles. The fourth-order valence-corrected chi connectivity index (χ4v) is 2.13. The molecule has 0 bridgehead atoms. The van der Waals surface area contributed by atoms with Crippen molar-refractivity contribution in [3.63, 3.8) is 0 Å². The van der Waals surface area contributed by atoms with Gasteiger partial charge in [0.15, 0.2) is 6.29 Å². The van der Waals surface area contributed by atoms with Gasteiger partial charge >= 0.3 is 5.97 Å². The molecule has 0 aromatic carbocycles. The summed E-state index contributed by atoms with van der Waals surface area (Å²) in [5, 5.41) is 0.162. The molecule has 16 heavy (non-hydrogen) atoms. The topological polar surface area (TPSA) is 76.2 Å². The van der Waals surface area contributed by atoms with Crippen molar-refractivity contribution in [1.29, 1.82) is 0 Å². The minimum Gasteiger partial charge on any atom is -0.352 e. The fourth-order valence-electron chi connectivity index (χ4n) is 1.29. The Morgan fingerprint density at radius 2 is 2.31 bits per heavy atom. The summed E-state index contributed by atoms with van der Waals surface area (Å²) in [6.07, 6.45) is 1.64. The number of hydrogen-bond acceptors (Lipinski definition) is 5. The predicted molar refractivity (Wildman–Crippen MR) is 54.4 cm³/mol. The lowest BCUT2D eigenvalue weighted by molar-refractivity contribution is -0.0789. The van der Waals surface area contributed by atoms with Crippen LogP contribution in [0.3, 0.4) is 0 Å². The van der Waals surface area contributed by atoms with E-state index in [2.05, 4.69) is 9.93 Å². The summed E-state index contributed by atoms with van der Waals surface area (Å²) < 4.78 is 11.7. The zero-order valence-electron chi connectivity index (χ0n) is 7.65. The smallest absolute Gasteiger partial charge is 0.352 e. The van der Waals surface area contributed by atoms with E-state index in [9.17, 15) is 18.9 Å². The molecule has 0 aliphatic rings. The summed E-state index contributed by atoms with van der Waals surface area (Å²) in [5.41, 5.74) is -1.11. The largest absolute Gasteiger partial charge is 0.384 e. The monoisotopic (exact) mass is 241 g/mol. The molecule has 2 aromatic rings. The molecule has 5 nitrogen and oxygen atoms in total. The first-order valence-electron chi connectivity index (χ1n) is 4.10. The molecule has 0 unspecified atom stereocenters. The number of rotatable bonds is 2. The second-order valence-electron chi connectivity index (χ2n) is 2.91. The number of carbonyl (C=O) groups excluding carboxylic acids is 2. The molecular formula is C9H4FNO4S. The minimum absolute atomic E-state index is 0.162. The minimum atomic E-state index is -1.36. The van der Waals surface area contributed by atoms with Gasteiger partial charge in [0.2, 0.25) is 5.43 Å². The van der Waals surface area contributed by atoms with Gasteiger partial charge < -0.3 is 4.98 Å². The summed E-state index contributed by atoms with van der Waals surface area (Å²) in [6.45, 7) is 0. The van der Waals surface area contributed by atoms with Crippen LogP contribution in [0.25, 0.3) is 10.2 Å². The Kier molecular flexibility index (Phi) is 2.53. The number of aromatic amines is 1. The summed E-state index contributed by atoms with van der Waals surface area (Å²) in [7, 11) is 0. The van der Waals surface area contributed by atoms with Crippen LogP contribution in [0.2, 0.25) is 0 Å². The van der Waals surface area contributed by atoms with Gasteiger partial charge in [-0.3, -0.25) is 9.59 Å². The first-order chi connectivity index (χ1) is 7.67. The Bertz CT molecular complexity index is 630. The highest BCUT2D eigenvalue weighted by molar-refractivity contribution is 7.20. The van der Waals surface area contributed by atoms with Crippen LogP contribution < -0.4 is 5.43 Å². The average Bonchev–Trinajstić information content (AvgIpc) is 2.72. The molecule has 0 amide bonds. The Balaban J connectivity index is 2.73. The maximum absolute atomic E-state index is 11.7. The Hall–Kier alpha value is -2.02. The van der Waals surface area contributed by atoms with Crippen LogP contribution in [-0.4, -0.2) is 17.2 Å². The second-order valence-corrected chi connectivity index (χ2v) is 3.99. The van der Waals surface area contributed by atoms with Gasteiger partial charge in [0, 0.05) is 10.7 Å². The van der Waals surface area contributed by atoms with Crippen molar-refractivity contribution in [3.8, 4) is 0 Å². The third-order valence-electron chi connectivity index (χ3n) is 1.99. The zero-order chi connectivity index (χ0) is 11.7. The fraction of sp³-hybridized carbons (Fsp3) is 0. The van der Waals surface area contributed by atoms with E-state index in [1.165, 1.54) is 6.07 Å². The molecule has 2 aromatic heterocycles. The molecule has 2 heterocycles. The third-order valence-corrected chi connectivity index (χ3v) is 2.99. The Morgan fingerprint density at radius 1 is 1.56 bits per heavy atom. The number of carbonyl (C=O) groups is 2. The number of hydrogen-bond donors (Lipinski definition) is 1. The lowest BCUT2D eigenvalue weighted by Gasteiger charge is -1.94. The zero-order valence-corrected chi connectivity index (χ0v) is 8.47. The van der Waals surface area contributed by atoms with Crippen LogP contribution in [0.15, 0.2) is 17.1 Å². The quantitative estimate of drug-likeness (QED) is 0.807. The van der Waals surface area contributed by atoms with Gasteiger partial charge in [-0.25, -0.2) is 9.74 Å². The van der Waals surface area contributed by atoms with Gasteiger partial charge in [-0.05, 0) is 6.07 Å². The van der Waals surface area contributed by atoms with Gasteiger partial charge in [0.25, 0.3) is 0 Å². The van der Waals surface area contributed by atoms with Gasteiger partial charge in [0.05, 0.1) is 10.3 Å². The lowest BCUT2D eigenvalue weighted by Crippen LogP contribution is -2.15. The molecule has 2 rings (SSSR count). The van der Waals surface area contributed by atoms with E-state index >= 15 is 0 Å². The van der Waals surface area contributed by atoms with Crippen LogP contribution in [-0.2, 0) is 4.94 Å². The average molecular weight is 241 g/mol. The molecule has 0 atom stereocenters. The number of aromatic nitrogens is 1. The highest BCUT2D eigenvalue weighted by atomic mass is 32.1. The molecule has 82 valence electrons. The predicted octanol–water partition coefficient (Wildman–Crippen LogP) is 1.44. The summed E-state index contributed by atoms with van der Waals surface area (Å²) in [5.74, 6) is -1.36. The normalized spacial score (nSPS) is 10.3. The molecule has 0 fully saturated rings. The van der Waals surface area contributed by atoms with Crippen molar-refractivity contribution in [1.82, 2.24) is 4.98 Å². The van der Waals surface area contributed by atoms with Crippen molar-refractivity contribution in [2.45, 2.75) is 0 Å². The number of pyridine rings is 1. The van der Waals surface area contributed by atoms with E-state index in [1.807, 2.05) is 0 Å². The first kappa shape index (κ1) is 10.5. The molecule has 0 saturated heterocycles. The first-order valence-corrected chi connectivity index (χ1v) is 4.92. The number of thiophene rings is 1. The van der Waals surface area contributed by atoms with Crippen molar-refractivity contribution >= 4 is 33.8 Å². The van der Waals surface area contributed by atoms with Crippen LogP contribution in [0.4, 0.5) is 4.53 Å². The highest BCUT2D eigenvalue weighted by Gasteiger charge is 2.16. The van der Waals surface area contributed by atoms with E-state index in [-0.39, 0.29) is 5.39 Å². The maximum atomic E-state index is 11.7.